The van der Waals surface area contributed by atoms with Crippen LogP contribution in [0, 0.1) is 13.8 Å². The largest absolute Gasteiger partial charge is 0.380 e. The number of rotatable bonds is 4. The van der Waals surface area contributed by atoms with Crippen molar-refractivity contribution >= 4 is 5.95 Å². The van der Waals surface area contributed by atoms with Crippen LogP contribution >= 0.6 is 0 Å². The molecular weight excluding hydrogens is 218 g/mol. The molecule has 94 valence electrons. The van der Waals surface area contributed by atoms with Crippen molar-refractivity contribution in [1.82, 2.24) is 9.55 Å². The smallest absolute Gasteiger partial charge is 0.258 e. The minimum atomic E-state index is 0.0893. The summed E-state index contributed by atoms with van der Waals surface area (Å²) in [6.07, 6.45) is 0. The van der Waals surface area contributed by atoms with E-state index in [0.717, 1.165) is 43.4 Å². The fourth-order valence-corrected chi connectivity index (χ4v) is 2.04. The van der Waals surface area contributed by atoms with Gasteiger partial charge in [-0.1, -0.05) is 0 Å². The molecule has 0 saturated carbocycles. The Labute approximate surface area is 101 Å². The highest BCUT2D eigenvalue weighted by molar-refractivity contribution is 5.37. The third-order valence-electron chi connectivity index (χ3n) is 3.20. The Kier molecular flexibility index (Phi) is 3.47. The highest BCUT2D eigenvalue weighted by atomic mass is 16.5. The number of hydrogen-bond acceptors (Lipinski definition) is 4. The van der Waals surface area contributed by atoms with Crippen molar-refractivity contribution in [3.63, 3.8) is 0 Å². The standard InChI is InChI=1S/C12H19N3O2/c1-4-17-8-7-14-5-6-15-11(16)9(2)10(3)13-12(14)15/h4-8H2,1-3H3. The van der Waals surface area contributed by atoms with Gasteiger partial charge in [-0.15, -0.1) is 0 Å². The van der Waals surface area contributed by atoms with Crippen LogP contribution in [0.15, 0.2) is 4.79 Å². The number of aryl methyl sites for hydroxylation is 1. The molecule has 0 N–H and O–H groups in total. The molecule has 1 aromatic heterocycles. The summed E-state index contributed by atoms with van der Waals surface area (Å²) in [5, 5.41) is 0. The molecule has 1 aromatic rings. The van der Waals surface area contributed by atoms with Gasteiger partial charge in [0.1, 0.15) is 0 Å². The van der Waals surface area contributed by atoms with E-state index in [1.165, 1.54) is 0 Å². The normalized spacial score (nSPS) is 14.2. The molecule has 1 aliphatic heterocycles. The number of ether oxygens (including phenoxy) is 1. The maximum Gasteiger partial charge on any atom is 0.258 e. The van der Waals surface area contributed by atoms with Crippen LogP contribution in [0.4, 0.5) is 5.95 Å². The van der Waals surface area contributed by atoms with Gasteiger partial charge in [0.2, 0.25) is 5.95 Å². The van der Waals surface area contributed by atoms with E-state index >= 15 is 0 Å². The monoisotopic (exact) mass is 237 g/mol. The number of nitrogens with zero attached hydrogens (tertiary/aromatic N) is 3. The first-order valence-electron chi connectivity index (χ1n) is 6.06. The molecule has 0 amide bonds. The first kappa shape index (κ1) is 12.1. The zero-order valence-electron chi connectivity index (χ0n) is 10.7. The number of anilines is 1. The second kappa shape index (κ2) is 4.87. The molecule has 0 aromatic carbocycles. The summed E-state index contributed by atoms with van der Waals surface area (Å²) in [4.78, 5) is 18.6. The van der Waals surface area contributed by atoms with Gasteiger partial charge in [-0.05, 0) is 20.8 Å². The van der Waals surface area contributed by atoms with Gasteiger partial charge in [0.25, 0.3) is 5.56 Å². The minimum Gasteiger partial charge on any atom is -0.380 e. The molecule has 0 aliphatic carbocycles. The fraction of sp³-hybridized carbons (Fsp3) is 0.667. The van der Waals surface area contributed by atoms with Crippen LogP contribution in [0.5, 0.6) is 0 Å². The Balaban J connectivity index is 2.23. The maximum atomic E-state index is 12.0. The van der Waals surface area contributed by atoms with E-state index in [2.05, 4.69) is 9.88 Å². The number of hydrogen-bond donors (Lipinski definition) is 0. The second-order valence-corrected chi connectivity index (χ2v) is 4.26. The Hall–Kier alpha value is -1.36. The van der Waals surface area contributed by atoms with Crippen molar-refractivity contribution in [3.05, 3.63) is 21.6 Å². The van der Waals surface area contributed by atoms with Crippen molar-refractivity contribution in [2.24, 2.45) is 0 Å². The van der Waals surface area contributed by atoms with Gasteiger partial charge in [0, 0.05) is 37.5 Å². The third kappa shape index (κ3) is 2.20. The Morgan fingerprint density at radius 3 is 2.82 bits per heavy atom. The van der Waals surface area contributed by atoms with E-state index < -0.39 is 0 Å². The Morgan fingerprint density at radius 1 is 1.35 bits per heavy atom. The average Bonchev–Trinajstić information content (AvgIpc) is 2.70. The van der Waals surface area contributed by atoms with E-state index in [1.54, 1.807) is 4.57 Å². The zero-order valence-corrected chi connectivity index (χ0v) is 10.7. The molecule has 2 rings (SSSR count). The van der Waals surface area contributed by atoms with E-state index in [4.69, 9.17) is 4.74 Å². The predicted octanol–water partition coefficient (Wildman–Crippen LogP) is 0.717. The highest BCUT2D eigenvalue weighted by Crippen LogP contribution is 2.17. The van der Waals surface area contributed by atoms with Crippen LogP contribution in [0.3, 0.4) is 0 Å². The lowest BCUT2D eigenvalue weighted by molar-refractivity contribution is 0.154. The zero-order chi connectivity index (χ0) is 12.4. The third-order valence-corrected chi connectivity index (χ3v) is 3.20. The highest BCUT2D eigenvalue weighted by Gasteiger charge is 2.22. The minimum absolute atomic E-state index is 0.0893. The van der Waals surface area contributed by atoms with Gasteiger partial charge in [-0.3, -0.25) is 9.36 Å². The van der Waals surface area contributed by atoms with Crippen LogP contribution in [0.2, 0.25) is 0 Å². The molecule has 0 saturated heterocycles. The predicted molar refractivity (Wildman–Crippen MR) is 66.7 cm³/mol. The van der Waals surface area contributed by atoms with Gasteiger partial charge >= 0.3 is 0 Å². The maximum absolute atomic E-state index is 12.0. The topological polar surface area (TPSA) is 47.4 Å². The lowest BCUT2D eigenvalue weighted by Gasteiger charge is -2.17. The number of aromatic nitrogens is 2. The van der Waals surface area contributed by atoms with Crippen molar-refractivity contribution < 1.29 is 4.74 Å². The number of fused-ring (bicyclic) bond motifs is 1. The molecule has 17 heavy (non-hydrogen) atoms. The summed E-state index contributed by atoms with van der Waals surface area (Å²) < 4.78 is 7.10. The van der Waals surface area contributed by atoms with Crippen LogP contribution in [-0.2, 0) is 11.3 Å². The molecule has 2 heterocycles. The molecule has 0 spiro atoms. The van der Waals surface area contributed by atoms with Gasteiger partial charge in [0.05, 0.1) is 6.61 Å². The van der Waals surface area contributed by atoms with E-state index in [1.807, 2.05) is 20.8 Å². The summed E-state index contributed by atoms with van der Waals surface area (Å²) in [6.45, 7) is 9.47. The summed E-state index contributed by atoms with van der Waals surface area (Å²) in [5.74, 6) is 0.790. The summed E-state index contributed by atoms with van der Waals surface area (Å²) >= 11 is 0. The molecule has 5 heteroatoms. The van der Waals surface area contributed by atoms with Crippen molar-refractivity contribution in [2.75, 3.05) is 31.2 Å². The van der Waals surface area contributed by atoms with Gasteiger partial charge in [0.15, 0.2) is 0 Å². The van der Waals surface area contributed by atoms with Crippen LogP contribution < -0.4 is 10.5 Å². The quantitative estimate of drug-likeness (QED) is 0.724. The summed E-state index contributed by atoms with van der Waals surface area (Å²) in [6, 6.07) is 0. The fourth-order valence-electron chi connectivity index (χ4n) is 2.04. The summed E-state index contributed by atoms with van der Waals surface area (Å²) in [7, 11) is 0. The van der Waals surface area contributed by atoms with Gasteiger partial charge in [-0.2, -0.15) is 0 Å². The molecule has 0 unspecified atom stereocenters. The van der Waals surface area contributed by atoms with Crippen molar-refractivity contribution in [3.8, 4) is 0 Å². The van der Waals surface area contributed by atoms with Crippen molar-refractivity contribution in [2.45, 2.75) is 27.3 Å². The summed E-state index contributed by atoms with van der Waals surface area (Å²) in [5.41, 5.74) is 1.66. The van der Waals surface area contributed by atoms with Crippen LogP contribution in [0.25, 0.3) is 0 Å². The lowest BCUT2D eigenvalue weighted by atomic mass is 10.3. The molecule has 0 atom stereocenters. The Bertz CT molecular complexity index is 468. The molecule has 0 bridgehead atoms. The van der Waals surface area contributed by atoms with Gasteiger partial charge < -0.3 is 9.64 Å². The molecular formula is C12H19N3O2. The molecule has 0 fully saturated rings. The first-order valence-corrected chi connectivity index (χ1v) is 6.06. The van der Waals surface area contributed by atoms with Gasteiger partial charge in [-0.25, -0.2) is 4.98 Å². The van der Waals surface area contributed by atoms with E-state index in [-0.39, 0.29) is 5.56 Å². The lowest BCUT2D eigenvalue weighted by Crippen LogP contribution is -2.28. The van der Waals surface area contributed by atoms with Crippen LogP contribution in [0.1, 0.15) is 18.2 Å². The average molecular weight is 237 g/mol. The van der Waals surface area contributed by atoms with E-state index in [0.29, 0.717) is 6.61 Å². The van der Waals surface area contributed by atoms with Crippen LogP contribution in [-0.4, -0.2) is 35.9 Å². The second-order valence-electron chi connectivity index (χ2n) is 4.26. The Morgan fingerprint density at radius 2 is 2.12 bits per heavy atom. The van der Waals surface area contributed by atoms with Crippen molar-refractivity contribution in [1.29, 1.82) is 0 Å². The van der Waals surface area contributed by atoms with E-state index in [9.17, 15) is 4.79 Å². The molecule has 5 nitrogen and oxygen atoms in total. The SMILES string of the molecule is CCOCCN1CCn2c1nc(C)c(C)c2=O. The molecule has 1 aliphatic rings. The first-order chi connectivity index (χ1) is 8.15. The molecule has 0 radical (unpaired) electrons.